The molecule has 1 atom stereocenters. The van der Waals surface area contributed by atoms with E-state index in [9.17, 15) is 9.90 Å². The van der Waals surface area contributed by atoms with Crippen LogP contribution in [0, 0.1) is 6.92 Å². The van der Waals surface area contributed by atoms with E-state index in [1.54, 1.807) is 19.2 Å². The fourth-order valence-electron chi connectivity index (χ4n) is 3.77. The van der Waals surface area contributed by atoms with E-state index in [-0.39, 0.29) is 23.0 Å². The van der Waals surface area contributed by atoms with Gasteiger partial charge in [-0.05, 0) is 48.2 Å². The van der Waals surface area contributed by atoms with Gasteiger partial charge >= 0.3 is 0 Å². The molecule has 1 aliphatic rings. The van der Waals surface area contributed by atoms with E-state index in [1.807, 2.05) is 43.3 Å². The minimum atomic E-state index is -0.145. The summed E-state index contributed by atoms with van der Waals surface area (Å²) >= 11 is 5.99. The van der Waals surface area contributed by atoms with Crippen molar-refractivity contribution in [3.8, 4) is 16.9 Å². The highest BCUT2D eigenvalue weighted by Gasteiger charge is 2.28. The predicted octanol–water partition coefficient (Wildman–Crippen LogP) is 5.71. The summed E-state index contributed by atoms with van der Waals surface area (Å²) < 4.78 is 5.18. The van der Waals surface area contributed by atoms with Crippen LogP contribution in [0.15, 0.2) is 64.9 Å². The van der Waals surface area contributed by atoms with Gasteiger partial charge in [-0.15, -0.1) is 0 Å². The summed E-state index contributed by atoms with van der Waals surface area (Å²) in [6, 6.07) is 14.9. The predicted molar refractivity (Wildman–Crippen MR) is 122 cm³/mol. The molecule has 0 amide bonds. The van der Waals surface area contributed by atoms with E-state index in [0.29, 0.717) is 23.7 Å². The second-order valence-corrected chi connectivity index (χ2v) is 7.91. The summed E-state index contributed by atoms with van der Waals surface area (Å²) in [5.74, 6) is 1.03. The molecule has 158 valence electrons. The molecule has 0 saturated heterocycles. The third kappa shape index (κ3) is 4.39. The molecule has 0 spiro atoms. The van der Waals surface area contributed by atoms with Gasteiger partial charge in [-0.1, -0.05) is 35.9 Å². The fourth-order valence-corrected chi connectivity index (χ4v) is 3.89. The Morgan fingerprint density at radius 2 is 1.87 bits per heavy atom. The Labute approximate surface area is 185 Å². The SMILES string of the molecule is COc1ccc(C2CC(=O)C(C=Nc3n[nH]c(C)c3-c3ccc(Cl)cc3)=C(O)C2)cc1. The molecule has 31 heavy (non-hydrogen) atoms. The molecule has 7 heteroatoms. The Balaban J connectivity index is 1.58. The minimum Gasteiger partial charge on any atom is -0.511 e. The van der Waals surface area contributed by atoms with Crippen LogP contribution in [0.1, 0.15) is 30.0 Å². The van der Waals surface area contributed by atoms with Crippen molar-refractivity contribution < 1.29 is 14.6 Å². The van der Waals surface area contributed by atoms with Crippen LogP contribution in [0.3, 0.4) is 0 Å². The van der Waals surface area contributed by atoms with Gasteiger partial charge in [0.05, 0.1) is 12.7 Å². The van der Waals surface area contributed by atoms with E-state index < -0.39 is 0 Å². The number of aromatic nitrogens is 2. The highest BCUT2D eigenvalue weighted by molar-refractivity contribution is 6.30. The lowest BCUT2D eigenvalue weighted by atomic mass is 9.83. The van der Waals surface area contributed by atoms with E-state index in [4.69, 9.17) is 16.3 Å². The van der Waals surface area contributed by atoms with E-state index in [0.717, 1.165) is 28.1 Å². The first-order valence-corrected chi connectivity index (χ1v) is 10.3. The number of aliphatic hydroxyl groups excluding tert-OH is 1. The second-order valence-electron chi connectivity index (χ2n) is 7.47. The largest absolute Gasteiger partial charge is 0.511 e. The number of nitrogens with zero attached hydrogens (tertiary/aromatic N) is 2. The molecule has 4 rings (SSSR count). The van der Waals surface area contributed by atoms with Gasteiger partial charge in [0.1, 0.15) is 11.5 Å². The van der Waals surface area contributed by atoms with Gasteiger partial charge in [-0.3, -0.25) is 9.89 Å². The smallest absolute Gasteiger partial charge is 0.181 e. The number of aliphatic hydroxyl groups is 1. The number of ether oxygens (including phenoxy) is 1. The lowest BCUT2D eigenvalue weighted by molar-refractivity contribution is -0.116. The van der Waals surface area contributed by atoms with Crippen molar-refractivity contribution in [2.75, 3.05) is 7.11 Å². The third-order valence-electron chi connectivity index (χ3n) is 5.45. The Kier molecular flexibility index (Phi) is 5.91. The number of hydrogen-bond acceptors (Lipinski definition) is 5. The lowest BCUT2D eigenvalue weighted by Crippen LogP contribution is -2.19. The quantitative estimate of drug-likeness (QED) is 0.502. The monoisotopic (exact) mass is 435 g/mol. The summed E-state index contributed by atoms with van der Waals surface area (Å²) in [5, 5.41) is 18.4. The van der Waals surface area contributed by atoms with Crippen LogP contribution < -0.4 is 4.74 Å². The Bertz CT molecular complexity index is 1160. The molecule has 1 heterocycles. The summed E-state index contributed by atoms with van der Waals surface area (Å²) in [4.78, 5) is 17.2. The van der Waals surface area contributed by atoms with Gasteiger partial charge in [0.25, 0.3) is 0 Å². The molecule has 1 unspecified atom stereocenters. The number of aryl methyl sites for hydroxylation is 1. The average Bonchev–Trinajstić information content (AvgIpc) is 3.14. The molecular weight excluding hydrogens is 414 g/mol. The zero-order valence-corrected chi connectivity index (χ0v) is 18.0. The standard InChI is InChI=1S/C24H22ClN3O3/c1-14-23(16-3-7-18(25)8-4-16)24(28-27-14)26-13-20-21(29)11-17(12-22(20)30)15-5-9-19(31-2)10-6-15/h3-10,13,17,29H,11-12H2,1-2H3,(H,27,28). The summed E-state index contributed by atoms with van der Waals surface area (Å²) in [6.07, 6.45) is 2.10. The third-order valence-corrected chi connectivity index (χ3v) is 5.70. The first kappa shape index (κ1) is 20.9. The molecule has 0 aliphatic heterocycles. The van der Waals surface area contributed by atoms with Gasteiger partial charge in [0, 0.05) is 35.3 Å². The van der Waals surface area contributed by atoms with Crippen molar-refractivity contribution in [1.82, 2.24) is 10.2 Å². The normalized spacial score (nSPS) is 16.9. The topological polar surface area (TPSA) is 87.6 Å². The molecule has 2 aromatic carbocycles. The van der Waals surface area contributed by atoms with Crippen LogP contribution >= 0.6 is 11.6 Å². The van der Waals surface area contributed by atoms with Crippen molar-refractivity contribution in [3.63, 3.8) is 0 Å². The second kappa shape index (κ2) is 8.78. The van der Waals surface area contributed by atoms with Gasteiger partial charge < -0.3 is 9.84 Å². The minimum absolute atomic E-state index is 0.0427. The highest BCUT2D eigenvalue weighted by Crippen LogP contribution is 2.35. The van der Waals surface area contributed by atoms with E-state index in [2.05, 4.69) is 15.2 Å². The number of nitrogens with one attached hydrogen (secondary N) is 1. The summed E-state index contributed by atoms with van der Waals surface area (Å²) in [5.41, 5.74) is 3.81. The van der Waals surface area contributed by atoms with Crippen molar-refractivity contribution in [1.29, 1.82) is 0 Å². The van der Waals surface area contributed by atoms with Crippen LogP contribution in [-0.2, 0) is 4.79 Å². The number of hydrogen-bond donors (Lipinski definition) is 2. The molecule has 2 N–H and O–H groups in total. The van der Waals surface area contributed by atoms with Crippen LogP contribution in [0.4, 0.5) is 5.82 Å². The maximum Gasteiger partial charge on any atom is 0.181 e. The average molecular weight is 436 g/mol. The number of ketones is 1. The number of methoxy groups -OCH3 is 1. The molecule has 0 bridgehead atoms. The van der Waals surface area contributed by atoms with E-state index in [1.165, 1.54) is 6.21 Å². The molecular formula is C24H22ClN3O3. The van der Waals surface area contributed by atoms with Crippen molar-refractivity contribution >= 4 is 29.4 Å². The number of rotatable bonds is 5. The number of benzene rings is 2. The zero-order valence-electron chi connectivity index (χ0n) is 17.2. The number of H-pyrrole nitrogens is 1. The Hall–Kier alpha value is -3.38. The van der Waals surface area contributed by atoms with Crippen LogP contribution in [0.2, 0.25) is 5.02 Å². The Morgan fingerprint density at radius 1 is 1.16 bits per heavy atom. The number of carbonyl (C=O) groups is 1. The van der Waals surface area contributed by atoms with Crippen molar-refractivity contribution in [2.24, 2.45) is 4.99 Å². The summed E-state index contributed by atoms with van der Waals surface area (Å²) in [6.45, 7) is 1.90. The number of aliphatic imine (C=N–C) groups is 1. The molecule has 0 radical (unpaired) electrons. The van der Waals surface area contributed by atoms with E-state index >= 15 is 0 Å². The number of Topliss-reactive ketones (excluding diaryl/α,β-unsaturated/α-hetero) is 1. The van der Waals surface area contributed by atoms with Crippen LogP contribution in [-0.4, -0.2) is 34.4 Å². The molecule has 3 aromatic rings. The maximum atomic E-state index is 12.8. The molecule has 1 aliphatic carbocycles. The molecule has 6 nitrogen and oxygen atoms in total. The maximum absolute atomic E-state index is 12.8. The molecule has 1 aromatic heterocycles. The number of allylic oxidation sites excluding steroid dienone is 2. The van der Waals surface area contributed by atoms with Gasteiger partial charge in [-0.2, -0.15) is 5.10 Å². The first-order valence-electron chi connectivity index (χ1n) is 9.90. The van der Waals surface area contributed by atoms with Gasteiger partial charge in [-0.25, -0.2) is 4.99 Å². The highest BCUT2D eigenvalue weighted by atomic mass is 35.5. The van der Waals surface area contributed by atoms with Crippen LogP contribution in [0.5, 0.6) is 5.75 Å². The molecule has 0 fully saturated rings. The fraction of sp³-hybridized carbons (Fsp3) is 0.208. The first-order chi connectivity index (χ1) is 15.0. The summed E-state index contributed by atoms with van der Waals surface area (Å²) in [7, 11) is 1.61. The zero-order chi connectivity index (χ0) is 22.0. The number of carbonyl (C=O) groups excluding carboxylic acids is 1. The van der Waals surface area contributed by atoms with Gasteiger partial charge in [0.2, 0.25) is 0 Å². The van der Waals surface area contributed by atoms with Crippen molar-refractivity contribution in [3.05, 3.63) is 76.1 Å². The van der Waals surface area contributed by atoms with Gasteiger partial charge in [0.15, 0.2) is 11.6 Å². The van der Waals surface area contributed by atoms with Crippen LogP contribution in [0.25, 0.3) is 11.1 Å². The lowest BCUT2D eigenvalue weighted by Gasteiger charge is -2.22. The Morgan fingerprint density at radius 3 is 2.52 bits per heavy atom. The molecule has 0 saturated carbocycles. The van der Waals surface area contributed by atoms with Crippen molar-refractivity contribution in [2.45, 2.75) is 25.7 Å². The number of halogens is 1. The number of aromatic amines is 1.